The van der Waals surface area contributed by atoms with E-state index >= 15 is 0 Å². The van der Waals surface area contributed by atoms with E-state index < -0.39 is 6.23 Å². The maximum Gasteiger partial charge on any atom is 0.169 e. The van der Waals surface area contributed by atoms with Gasteiger partial charge in [-0.3, -0.25) is 4.98 Å². The molecule has 2 aromatic rings. The standard InChI is InChI=1S/C12H11ClFN3O/c1-7-9(14)3-5-11(16-7)17-12(18)10-4-2-8(13)6-15-10/h2-6,12,18H,1H3,(H,16,17). The van der Waals surface area contributed by atoms with Crippen LogP contribution in [0.1, 0.15) is 17.6 Å². The Hall–Kier alpha value is -1.72. The van der Waals surface area contributed by atoms with Gasteiger partial charge in [-0.05, 0) is 31.2 Å². The Bertz CT molecular complexity index is 548. The Kier molecular flexibility index (Phi) is 3.74. The summed E-state index contributed by atoms with van der Waals surface area (Å²) in [5.74, 6) is -0.0159. The van der Waals surface area contributed by atoms with Crippen LogP contribution in [0, 0.1) is 12.7 Å². The summed E-state index contributed by atoms with van der Waals surface area (Å²) < 4.78 is 13.0. The highest BCUT2D eigenvalue weighted by Gasteiger charge is 2.10. The van der Waals surface area contributed by atoms with Gasteiger partial charge in [-0.25, -0.2) is 9.37 Å². The zero-order valence-electron chi connectivity index (χ0n) is 9.56. The van der Waals surface area contributed by atoms with Crippen molar-refractivity contribution in [3.63, 3.8) is 0 Å². The molecule has 0 bridgehead atoms. The van der Waals surface area contributed by atoms with Crippen LogP contribution >= 0.6 is 11.6 Å². The summed E-state index contributed by atoms with van der Waals surface area (Å²) in [6.45, 7) is 1.55. The maximum atomic E-state index is 13.0. The van der Waals surface area contributed by atoms with Gasteiger partial charge in [0.05, 0.1) is 16.4 Å². The number of halogens is 2. The Morgan fingerprint density at radius 1 is 1.33 bits per heavy atom. The summed E-state index contributed by atoms with van der Waals surface area (Å²) in [6, 6.07) is 5.95. The molecule has 0 saturated heterocycles. The molecule has 18 heavy (non-hydrogen) atoms. The zero-order valence-corrected chi connectivity index (χ0v) is 10.3. The lowest BCUT2D eigenvalue weighted by molar-refractivity contribution is 0.202. The van der Waals surface area contributed by atoms with Crippen molar-refractivity contribution in [2.75, 3.05) is 5.32 Å². The summed E-state index contributed by atoms with van der Waals surface area (Å²) in [6.07, 6.45) is 0.408. The molecular weight excluding hydrogens is 257 g/mol. The third-order valence-corrected chi connectivity index (χ3v) is 2.56. The fraction of sp³-hybridized carbons (Fsp3) is 0.167. The molecule has 1 atom stereocenters. The first-order chi connectivity index (χ1) is 8.56. The van der Waals surface area contributed by atoms with Gasteiger partial charge in [0.25, 0.3) is 0 Å². The van der Waals surface area contributed by atoms with Crippen molar-refractivity contribution >= 4 is 17.4 Å². The van der Waals surface area contributed by atoms with Gasteiger partial charge in [0, 0.05) is 6.20 Å². The Labute approximate surface area is 108 Å². The average Bonchev–Trinajstić information content (AvgIpc) is 2.34. The number of hydrogen-bond acceptors (Lipinski definition) is 4. The summed E-state index contributed by atoms with van der Waals surface area (Å²) in [4.78, 5) is 7.92. The number of aliphatic hydroxyl groups excluding tert-OH is 1. The lowest BCUT2D eigenvalue weighted by Gasteiger charge is -2.13. The van der Waals surface area contributed by atoms with Gasteiger partial charge in [-0.15, -0.1) is 0 Å². The summed E-state index contributed by atoms with van der Waals surface area (Å²) in [5.41, 5.74) is 0.666. The molecule has 2 rings (SSSR count). The van der Waals surface area contributed by atoms with Crippen molar-refractivity contribution in [1.29, 1.82) is 0 Å². The van der Waals surface area contributed by atoms with E-state index in [1.54, 1.807) is 19.1 Å². The first kappa shape index (κ1) is 12.7. The van der Waals surface area contributed by atoms with E-state index in [1.807, 2.05) is 0 Å². The number of pyridine rings is 2. The van der Waals surface area contributed by atoms with E-state index in [9.17, 15) is 9.50 Å². The number of hydrogen-bond donors (Lipinski definition) is 2. The van der Waals surface area contributed by atoms with E-state index in [0.717, 1.165) is 0 Å². The van der Waals surface area contributed by atoms with Crippen LogP contribution in [0.2, 0.25) is 5.02 Å². The minimum absolute atomic E-state index is 0.260. The van der Waals surface area contributed by atoms with Crippen LogP contribution in [0.5, 0.6) is 0 Å². The topological polar surface area (TPSA) is 58.0 Å². The van der Waals surface area contributed by atoms with Gasteiger partial charge in [0.1, 0.15) is 11.6 Å². The smallest absolute Gasteiger partial charge is 0.169 e. The van der Waals surface area contributed by atoms with Crippen molar-refractivity contribution in [2.24, 2.45) is 0 Å². The number of rotatable bonds is 3. The monoisotopic (exact) mass is 267 g/mol. The van der Waals surface area contributed by atoms with Crippen LogP contribution in [-0.2, 0) is 0 Å². The highest BCUT2D eigenvalue weighted by atomic mass is 35.5. The van der Waals surface area contributed by atoms with E-state index in [0.29, 0.717) is 16.5 Å². The number of aryl methyl sites for hydroxylation is 1. The molecule has 4 nitrogen and oxygen atoms in total. The zero-order chi connectivity index (χ0) is 13.1. The lowest BCUT2D eigenvalue weighted by atomic mass is 10.3. The van der Waals surface area contributed by atoms with Crippen LogP contribution in [-0.4, -0.2) is 15.1 Å². The van der Waals surface area contributed by atoms with E-state index in [2.05, 4.69) is 15.3 Å². The highest BCUT2D eigenvalue weighted by molar-refractivity contribution is 6.30. The van der Waals surface area contributed by atoms with E-state index in [4.69, 9.17) is 11.6 Å². The molecule has 2 N–H and O–H groups in total. The second-order valence-electron chi connectivity index (χ2n) is 3.71. The molecule has 1 unspecified atom stereocenters. The van der Waals surface area contributed by atoms with Crippen molar-refractivity contribution in [3.05, 3.63) is 52.7 Å². The first-order valence-corrected chi connectivity index (χ1v) is 5.63. The van der Waals surface area contributed by atoms with Gasteiger partial charge >= 0.3 is 0 Å². The molecular formula is C12H11ClFN3O. The third-order valence-electron chi connectivity index (χ3n) is 2.34. The Morgan fingerprint density at radius 2 is 2.11 bits per heavy atom. The molecule has 0 radical (unpaired) electrons. The normalized spacial score (nSPS) is 12.2. The molecule has 2 heterocycles. The van der Waals surface area contributed by atoms with Gasteiger partial charge in [0.2, 0.25) is 0 Å². The molecule has 0 fully saturated rings. The van der Waals surface area contributed by atoms with Gasteiger partial charge in [-0.2, -0.15) is 0 Å². The minimum atomic E-state index is -1.03. The van der Waals surface area contributed by atoms with Crippen LogP contribution in [0.15, 0.2) is 30.5 Å². The first-order valence-electron chi connectivity index (χ1n) is 5.25. The number of aliphatic hydroxyl groups is 1. The molecule has 0 amide bonds. The summed E-state index contributed by atoms with van der Waals surface area (Å²) >= 11 is 5.70. The van der Waals surface area contributed by atoms with Crippen molar-refractivity contribution in [1.82, 2.24) is 9.97 Å². The maximum absolute atomic E-state index is 13.0. The van der Waals surface area contributed by atoms with Crippen LogP contribution < -0.4 is 5.32 Å². The number of nitrogens with one attached hydrogen (secondary N) is 1. The number of nitrogens with zero attached hydrogens (tertiary/aromatic N) is 2. The quantitative estimate of drug-likeness (QED) is 0.840. The number of anilines is 1. The van der Waals surface area contributed by atoms with Gasteiger partial charge in [0.15, 0.2) is 6.23 Å². The second kappa shape index (κ2) is 5.29. The lowest BCUT2D eigenvalue weighted by Crippen LogP contribution is -2.12. The molecule has 0 aliphatic rings. The Balaban J connectivity index is 2.13. The van der Waals surface area contributed by atoms with Crippen molar-refractivity contribution in [3.8, 4) is 0 Å². The summed E-state index contributed by atoms with van der Waals surface area (Å²) in [5, 5.41) is 13.1. The van der Waals surface area contributed by atoms with E-state index in [-0.39, 0.29) is 11.5 Å². The molecule has 0 aliphatic carbocycles. The molecule has 0 aliphatic heterocycles. The fourth-order valence-corrected chi connectivity index (χ4v) is 1.50. The highest BCUT2D eigenvalue weighted by Crippen LogP contribution is 2.16. The minimum Gasteiger partial charge on any atom is -0.368 e. The largest absolute Gasteiger partial charge is 0.368 e. The molecule has 0 aromatic carbocycles. The fourth-order valence-electron chi connectivity index (χ4n) is 1.39. The molecule has 2 aromatic heterocycles. The second-order valence-corrected chi connectivity index (χ2v) is 4.15. The summed E-state index contributed by atoms with van der Waals surface area (Å²) in [7, 11) is 0. The van der Waals surface area contributed by atoms with Gasteiger partial charge in [-0.1, -0.05) is 11.6 Å². The predicted octanol–water partition coefficient (Wildman–Crippen LogP) is 2.68. The molecule has 0 saturated carbocycles. The SMILES string of the molecule is Cc1nc(NC(O)c2ccc(Cl)cn2)ccc1F. The number of aromatic nitrogens is 2. The van der Waals surface area contributed by atoms with Crippen LogP contribution in [0.25, 0.3) is 0 Å². The van der Waals surface area contributed by atoms with Crippen molar-refractivity contribution < 1.29 is 9.50 Å². The van der Waals surface area contributed by atoms with Crippen molar-refractivity contribution in [2.45, 2.75) is 13.2 Å². The van der Waals surface area contributed by atoms with Crippen LogP contribution in [0.4, 0.5) is 10.2 Å². The molecule has 94 valence electrons. The van der Waals surface area contributed by atoms with Crippen LogP contribution in [0.3, 0.4) is 0 Å². The average molecular weight is 268 g/mol. The predicted molar refractivity (Wildman–Crippen MR) is 66.8 cm³/mol. The van der Waals surface area contributed by atoms with E-state index in [1.165, 1.54) is 18.3 Å². The molecule has 0 spiro atoms. The molecule has 6 heteroatoms. The third kappa shape index (κ3) is 2.94. The van der Waals surface area contributed by atoms with Gasteiger partial charge < -0.3 is 10.4 Å². The Morgan fingerprint density at radius 3 is 2.72 bits per heavy atom.